The number of ether oxygens (including phenoxy) is 3. The second-order valence-corrected chi connectivity index (χ2v) is 13.3. The molecule has 226 valence electrons. The molecule has 2 N–H and O–H groups in total. The molecular formula is C28H35N5O7S2. The average molecular weight is 618 g/mol. The van der Waals surface area contributed by atoms with Crippen LogP contribution in [0.4, 0.5) is 5.13 Å². The number of nitrogens with one attached hydrogen (secondary N) is 2. The second kappa shape index (κ2) is 13.9. The van der Waals surface area contributed by atoms with Crippen LogP contribution in [0.15, 0.2) is 46.4 Å². The van der Waals surface area contributed by atoms with E-state index in [1.54, 1.807) is 25.3 Å². The van der Waals surface area contributed by atoms with E-state index in [-0.39, 0.29) is 34.7 Å². The number of anilines is 1. The minimum Gasteiger partial charge on any atom is -0.473 e. The molecule has 1 amide bonds. The Labute approximate surface area is 248 Å². The quantitative estimate of drug-likeness (QED) is 0.166. The van der Waals surface area contributed by atoms with Crippen molar-refractivity contribution in [3.05, 3.63) is 42.0 Å². The van der Waals surface area contributed by atoms with Crippen LogP contribution >= 0.6 is 11.3 Å². The lowest BCUT2D eigenvalue weighted by molar-refractivity contribution is -0.110. The smallest absolute Gasteiger partial charge is 0.280 e. The molecule has 1 aliphatic carbocycles. The molecule has 3 aromatic rings. The molecule has 2 fully saturated rings. The maximum absolute atomic E-state index is 13.5. The van der Waals surface area contributed by atoms with Crippen molar-refractivity contribution in [1.29, 1.82) is 0 Å². The fourth-order valence-corrected chi connectivity index (χ4v) is 6.98. The van der Waals surface area contributed by atoms with E-state index in [2.05, 4.69) is 25.8 Å². The summed E-state index contributed by atoms with van der Waals surface area (Å²) in [6, 6.07) is 9.63. The molecule has 0 spiro atoms. The summed E-state index contributed by atoms with van der Waals surface area (Å²) in [5.74, 6) is -0.0700. The number of oxime groups is 1. The highest BCUT2D eigenvalue weighted by molar-refractivity contribution is 7.91. The van der Waals surface area contributed by atoms with Crippen molar-refractivity contribution in [2.24, 2.45) is 5.16 Å². The van der Waals surface area contributed by atoms with Gasteiger partial charge >= 0.3 is 0 Å². The monoisotopic (exact) mass is 617 g/mol. The van der Waals surface area contributed by atoms with E-state index in [0.717, 1.165) is 32.4 Å². The average Bonchev–Trinajstić information content (AvgIpc) is 3.75. The maximum atomic E-state index is 13.5. The van der Waals surface area contributed by atoms with Gasteiger partial charge in [-0.3, -0.25) is 10.1 Å². The van der Waals surface area contributed by atoms with Crippen molar-refractivity contribution in [1.82, 2.24) is 15.3 Å². The molecule has 1 aromatic carbocycles. The Morgan fingerprint density at radius 1 is 1.07 bits per heavy atom. The first kappa shape index (κ1) is 30.3. The first-order valence-electron chi connectivity index (χ1n) is 13.9. The molecule has 1 aliphatic heterocycles. The summed E-state index contributed by atoms with van der Waals surface area (Å²) in [6.45, 7) is 2.05. The number of hydrogen-bond donors (Lipinski definition) is 2. The van der Waals surface area contributed by atoms with E-state index >= 15 is 0 Å². The van der Waals surface area contributed by atoms with E-state index in [1.807, 2.05) is 6.07 Å². The molecule has 0 radical (unpaired) electrons. The lowest BCUT2D eigenvalue weighted by Crippen LogP contribution is -2.25. The Kier molecular flexibility index (Phi) is 10.0. The summed E-state index contributed by atoms with van der Waals surface area (Å²) in [7, 11) is -0.309. The largest absolute Gasteiger partial charge is 0.473 e. The SMILES string of the molecule is COCCCS(=O)(=O)c1ccc(/C(=N\O[C@@H]2CC[C@@H](OC)C2)C(=O)Nc2nc3ccc(O[C@@H]4CCNC4)nc3s2)cc1. The molecule has 2 aliphatic rings. The van der Waals surface area contributed by atoms with Crippen molar-refractivity contribution >= 4 is 48.3 Å². The molecular weight excluding hydrogens is 582 g/mol. The van der Waals surface area contributed by atoms with Crippen molar-refractivity contribution in [3.8, 4) is 5.88 Å². The van der Waals surface area contributed by atoms with Crippen molar-refractivity contribution in [2.45, 2.75) is 55.3 Å². The van der Waals surface area contributed by atoms with Crippen LogP contribution < -0.4 is 15.4 Å². The number of hydrogen-bond acceptors (Lipinski definition) is 12. The number of benzene rings is 1. The van der Waals surface area contributed by atoms with Gasteiger partial charge in [0.1, 0.15) is 22.6 Å². The first-order valence-corrected chi connectivity index (χ1v) is 16.4. The molecule has 0 unspecified atom stereocenters. The molecule has 3 atom stereocenters. The lowest BCUT2D eigenvalue weighted by Gasteiger charge is -2.12. The van der Waals surface area contributed by atoms with Crippen LogP contribution in [0.1, 0.15) is 37.7 Å². The number of amides is 1. The number of carbonyl (C=O) groups excluding carboxylic acids is 1. The van der Waals surface area contributed by atoms with Gasteiger partial charge in [0.05, 0.1) is 16.8 Å². The predicted octanol–water partition coefficient (Wildman–Crippen LogP) is 3.17. The number of rotatable bonds is 13. The van der Waals surface area contributed by atoms with Crippen LogP contribution in [0.25, 0.3) is 10.3 Å². The Bertz CT molecular complexity index is 1500. The molecule has 0 bridgehead atoms. The Balaban J connectivity index is 1.34. The number of fused-ring (bicyclic) bond motifs is 1. The molecule has 1 saturated heterocycles. The van der Waals surface area contributed by atoms with Crippen LogP contribution in [0, 0.1) is 0 Å². The standard InChI is InChI=1S/C28H35N5O7S2/c1-37-14-3-15-42(35,36)22-8-4-18(5-9-22)25(33-40-20-7-6-19(16-20)38-2)26(34)32-28-30-23-10-11-24(31-27(23)41-28)39-21-12-13-29-17-21/h4-5,8-11,19-21,29H,3,6-7,12-17H2,1-2H3,(H,30,32,34)/b33-25+/t19-,20-,21-/m1/s1. The molecule has 42 heavy (non-hydrogen) atoms. The summed E-state index contributed by atoms with van der Waals surface area (Å²) in [5, 5.41) is 10.6. The van der Waals surface area contributed by atoms with Gasteiger partial charge in [-0.25, -0.2) is 18.4 Å². The zero-order valence-electron chi connectivity index (χ0n) is 23.6. The maximum Gasteiger partial charge on any atom is 0.280 e. The van der Waals surface area contributed by atoms with Gasteiger partial charge < -0.3 is 24.4 Å². The highest BCUT2D eigenvalue weighted by Gasteiger charge is 2.27. The fraction of sp³-hybridized carbons (Fsp3) is 0.500. The molecule has 5 rings (SSSR count). The fourth-order valence-electron chi connectivity index (χ4n) is 4.87. The third-order valence-corrected chi connectivity index (χ3v) is 9.88. The number of pyridine rings is 1. The highest BCUT2D eigenvalue weighted by Crippen LogP contribution is 2.28. The number of aromatic nitrogens is 2. The number of carbonyl (C=O) groups is 1. The van der Waals surface area contributed by atoms with Crippen molar-refractivity contribution in [2.75, 3.05) is 45.0 Å². The summed E-state index contributed by atoms with van der Waals surface area (Å²) < 4.78 is 41.7. The van der Waals surface area contributed by atoms with Crippen LogP contribution in [-0.2, 0) is 28.9 Å². The van der Waals surface area contributed by atoms with Crippen molar-refractivity contribution < 1.29 is 32.3 Å². The van der Waals surface area contributed by atoms with Gasteiger partial charge in [-0.15, -0.1) is 0 Å². The van der Waals surface area contributed by atoms with Crippen LogP contribution in [-0.4, -0.2) is 88.0 Å². The van der Waals surface area contributed by atoms with Crippen LogP contribution in [0.2, 0.25) is 0 Å². The zero-order chi connectivity index (χ0) is 29.5. The summed E-state index contributed by atoms with van der Waals surface area (Å²) >= 11 is 1.22. The molecule has 2 aromatic heterocycles. The predicted molar refractivity (Wildman–Crippen MR) is 159 cm³/mol. The Morgan fingerprint density at radius 2 is 1.88 bits per heavy atom. The Hall–Kier alpha value is -3.17. The Morgan fingerprint density at radius 3 is 2.60 bits per heavy atom. The first-order chi connectivity index (χ1) is 20.3. The van der Waals surface area contributed by atoms with E-state index in [1.165, 1.54) is 30.6 Å². The topological polar surface area (TPSA) is 150 Å². The summed E-state index contributed by atoms with van der Waals surface area (Å²) in [5.41, 5.74) is 1.04. The van der Waals surface area contributed by atoms with Gasteiger partial charge in [-0.1, -0.05) is 28.6 Å². The van der Waals surface area contributed by atoms with Gasteiger partial charge in [0.15, 0.2) is 20.7 Å². The third-order valence-electron chi connectivity index (χ3n) is 7.18. The van der Waals surface area contributed by atoms with E-state index in [9.17, 15) is 13.2 Å². The van der Waals surface area contributed by atoms with Crippen molar-refractivity contribution in [3.63, 3.8) is 0 Å². The van der Waals surface area contributed by atoms with Crippen LogP contribution in [0.3, 0.4) is 0 Å². The molecule has 3 heterocycles. The van der Waals surface area contributed by atoms with Gasteiger partial charge in [0, 0.05) is 45.4 Å². The normalized spacial score (nSPS) is 21.1. The van der Waals surface area contributed by atoms with Crippen LogP contribution in [0.5, 0.6) is 5.88 Å². The lowest BCUT2D eigenvalue weighted by atomic mass is 10.1. The van der Waals surface area contributed by atoms with Gasteiger partial charge in [-0.2, -0.15) is 0 Å². The second-order valence-electron chi connectivity index (χ2n) is 10.2. The number of nitrogens with zero attached hydrogens (tertiary/aromatic N) is 3. The summed E-state index contributed by atoms with van der Waals surface area (Å²) in [6.07, 6.45) is 3.52. The number of methoxy groups -OCH3 is 2. The van der Waals surface area contributed by atoms with Gasteiger partial charge in [0.2, 0.25) is 5.88 Å². The molecule has 12 nitrogen and oxygen atoms in total. The minimum absolute atomic E-state index is 0.00386. The highest BCUT2D eigenvalue weighted by atomic mass is 32.2. The third kappa shape index (κ3) is 7.61. The summed E-state index contributed by atoms with van der Waals surface area (Å²) in [4.78, 5) is 29.1. The molecule has 14 heteroatoms. The molecule has 1 saturated carbocycles. The zero-order valence-corrected chi connectivity index (χ0v) is 25.2. The van der Waals surface area contributed by atoms with Gasteiger partial charge in [-0.05, 0) is 50.4 Å². The number of thiazole rings is 1. The minimum atomic E-state index is -3.50. The van der Waals surface area contributed by atoms with Gasteiger partial charge in [0.25, 0.3) is 5.91 Å². The van der Waals surface area contributed by atoms with E-state index in [4.69, 9.17) is 19.0 Å². The number of sulfone groups is 1. The van der Waals surface area contributed by atoms with E-state index < -0.39 is 15.7 Å². The van der Waals surface area contributed by atoms with E-state index in [0.29, 0.717) is 46.4 Å².